The molecule has 0 radical (unpaired) electrons. The molecular formula is C19H27N2O2+. The van der Waals surface area contributed by atoms with Gasteiger partial charge in [0.1, 0.15) is 5.75 Å². The third-order valence-corrected chi connectivity index (χ3v) is 6.13. The molecule has 0 unspecified atom stereocenters. The molecule has 1 N–H and O–H groups in total. The van der Waals surface area contributed by atoms with E-state index in [1.54, 1.807) is 4.90 Å². The highest BCUT2D eigenvalue weighted by Crippen LogP contribution is 2.43. The van der Waals surface area contributed by atoms with Crippen LogP contribution in [0.2, 0.25) is 0 Å². The zero-order valence-corrected chi connectivity index (χ0v) is 13.7. The molecule has 2 saturated carbocycles. The number of ether oxygens (including phenoxy) is 1. The number of piperazine rings is 1. The zero-order valence-electron chi connectivity index (χ0n) is 13.7. The lowest BCUT2D eigenvalue weighted by atomic mass is 9.93. The van der Waals surface area contributed by atoms with Gasteiger partial charge in [-0.05, 0) is 37.3 Å². The first-order chi connectivity index (χ1) is 11.3. The van der Waals surface area contributed by atoms with Gasteiger partial charge in [-0.1, -0.05) is 18.2 Å². The van der Waals surface area contributed by atoms with Crippen molar-refractivity contribution in [2.24, 2.45) is 11.8 Å². The molecule has 23 heavy (non-hydrogen) atoms. The molecule has 3 atom stereocenters. The van der Waals surface area contributed by atoms with Gasteiger partial charge in [0.15, 0.2) is 6.61 Å². The fourth-order valence-electron chi connectivity index (χ4n) is 4.91. The van der Waals surface area contributed by atoms with Crippen LogP contribution >= 0.6 is 0 Å². The highest BCUT2D eigenvalue weighted by Gasteiger charge is 2.45. The Labute approximate surface area is 138 Å². The van der Waals surface area contributed by atoms with Crippen LogP contribution in [0.1, 0.15) is 25.7 Å². The zero-order chi connectivity index (χ0) is 15.6. The largest absolute Gasteiger partial charge is 0.484 e. The van der Waals surface area contributed by atoms with Crippen LogP contribution in [-0.2, 0) is 4.79 Å². The fraction of sp³-hybridized carbons (Fsp3) is 0.632. The monoisotopic (exact) mass is 315 g/mol. The van der Waals surface area contributed by atoms with Crippen LogP contribution in [0, 0.1) is 11.8 Å². The third kappa shape index (κ3) is 3.23. The Balaban J connectivity index is 1.24. The number of benzene rings is 1. The maximum atomic E-state index is 12.3. The Hall–Kier alpha value is -1.55. The maximum absolute atomic E-state index is 12.3. The second-order valence-electron chi connectivity index (χ2n) is 7.42. The number of rotatable bonds is 4. The summed E-state index contributed by atoms with van der Waals surface area (Å²) in [6.45, 7) is 4.17. The Bertz CT molecular complexity index is 540. The van der Waals surface area contributed by atoms with Crippen molar-refractivity contribution >= 4 is 5.91 Å². The van der Waals surface area contributed by atoms with Crippen molar-refractivity contribution in [3.05, 3.63) is 30.3 Å². The maximum Gasteiger partial charge on any atom is 0.260 e. The second kappa shape index (κ2) is 6.52. The third-order valence-electron chi connectivity index (χ3n) is 6.13. The van der Waals surface area contributed by atoms with Crippen LogP contribution < -0.4 is 9.64 Å². The summed E-state index contributed by atoms with van der Waals surface area (Å²) in [5.74, 6) is 2.88. The summed E-state index contributed by atoms with van der Waals surface area (Å²) in [6.07, 6.45) is 5.83. The Morgan fingerprint density at radius 3 is 2.57 bits per heavy atom. The van der Waals surface area contributed by atoms with Crippen molar-refractivity contribution in [3.63, 3.8) is 0 Å². The van der Waals surface area contributed by atoms with Crippen LogP contribution in [-0.4, -0.2) is 49.6 Å². The Morgan fingerprint density at radius 1 is 1.13 bits per heavy atom. The minimum absolute atomic E-state index is 0.126. The first kappa shape index (κ1) is 15.0. The minimum atomic E-state index is 0.126. The van der Waals surface area contributed by atoms with E-state index >= 15 is 0 Å². The van der Waals surface area contributed by atoms with E-state index in [9.17, 15) is 4.79 Å². The molecule has 3 aliphatic rings. The fourth-order valence-corrected chi connectivity index (χ4v) is 4.91. The summed E-state index contributed by atoms with van der Waals surface area (Å²) in [6, 6.07) is 10.5. The van der Waals surface area contributed by atoms with Gasteiger partial charge in [0.2, 0.25) is 0 Å². The van der Waals surface area contributed by atoms with Crippen molar-refractivity contribution < 1.29 is 14.4 Å². The Kier molecular flexibility index (Phi) is 4.25. The predicted molar refractivity (Wildman–Crippen MR) is 88.4 cm³/mol. The molecule has 2 bridgehead atoms. The molecule has 2 aliphatic carbocycles. The highest BCUT2D eigenvalue weighted by molar-refractivity contribution is 5.77. The highest BCUT2D eigenvalue weighted by atomic mass is 16.5. The van der Waals surface area contributed by atoms with Crippen LogP contribution in [0.4, 0.5) is 0 Å². The molecule has 4 nitrogen and oxygen atoms in total. The average molecular weight is 315 g/mol. The smallest absolute Gasteiger partial charge is 0.260 e. The molecule has 1 amide bonds. The SMILES string of the molecule is O=C(COc1ccccc1)N1CC[NH+]([C@H]2C[C@H]3CC[C@@H]2C3)CC1. The number of quaternary nitrogens is 1. The molecule has 0 spiro atoms. The van der Waals surface area contributed by atoms with Gasteiger partial charge in [0.25, 0.3) is 5.91 Å². The number of carbonyl (C=O) groups excluding carboxylic acids is 1. The quantitative estimate of drug-likeness (QED) is 0.899. The van der Waals surface area contributed by atoms with E-state index in [2.05, 4.69) is 0 Å². The van der Waals surface area contributed by atoms with Crippen LogP contribution in [0.25, 0.3) is 0 Å². The number of nitrogens with one attached hydrogen (secondary N) is 1. The van der Waals surface area contributed by atoms with Gasteiger partial charge in [0.05, 0.1) is 32.2 Å². The topological polar surface area (TPSA) is 34.0 Å². The van der Waals surface area contributed by atoms with Crippen molar-refractivity contribution in [1.82, 2.24) is 4.90 Å². The molecule has 3 fully saturated rings. The van der Waals surface area contributed by atoms with E-state index in [-0.39, 0.29) is 12.5 Å². The van der Waals surface area contributed by atoms with Gasteiger partial charge in [-0.25, -0.2) is 0 Å². The number of amides is 1. The molecule has 4 rings (SSSR count). The van der Waals surface area contributed by atoms with Crippen LogP contribution in [0.3, 0.4) is 0 Å². The summed E-state index contributed by atoms with van der Waals surface area (Å²) in [7, 11) is 0. The molecule has 1 aromatic carbocycles. The van der Waals surface area contributed by atoms with Gasteiger partial charge in [-0.2, -0.15) is 0 Å². The first-order valence-corrected chi connectivity index (χ1v) is 9.10. The van der Waals surface area contributed by atoms with Gasteiger partial charge in [0, 0.05) is 12.3 Å². The Morgan fingerprint density at radius 2 is 1.91 bits per heavy atom. The van der Waals surface area contributed by atoms with Crippen molar-refractivity contribution in [2.45, 2.75) is 31.7 Å². The number of nitrogens with zero attached hydrogens (tertiary/aromatic N) is 1. The molecule has 0 aromatic heterocycles. The number of hydrogen-bond acceptors (Lipinski definition) is 2. The van der Waals surface area contributed by atoms with E-state index in [4.69, 9.17) is 4.74 Å². The van der Waals surface area contributed by atoms with Gasteiger partial charge < -0.3 is 14.5 Å². The summed E-state index contributed by atoms with van der Waals surface area (Å²) in [5.41, 5.74) is 0. The normalized spacial score (nSPS) is 30.6. The average Bonchev–Trinajstić information content (AvgIpc) is 3.24. The van der Waals surface area contributed by atoms with Crippen LogP contribution in [0.5, 0.6) is 5.75 Å². The van der Waals surface area contributed by atoms with E-state index in [1.165, 1.54) is 25.7 Å². The summed E-state index contributed by atoms with van der Waals surface area (Å²) < 4.78 is 5.59. The number of fused-ring (bicyclic) bond motifs is 2. The molecule has 1 saturated heterocycles. The lowest BCUT2D eigenvalue weighted by Crippen LogP contribution is -3.18. The van der Waals surface area contributed by atoms with Crippen molar-refractivity contribution in [2.75, 3.05) is 32.8 Å². The summed E-state index contributed by atoms with van der Waals surface area (Å²) >= 11 is 0. The van der Waals surface area contributed by atoms with E-state index in [0.717, 1.165) is 49.8 Å². The minimum Gasteiger partial charge on any atom is -0.484 e. The molecule has 4 heteroatoms. The first-order valence-electron chi connectivity index (χ1n) is 9.10. The number of carbonyl (C=O) groups is 1. The van der Waals surface area contributed by atoms with E-state index in [1.807, 2.05) is 35.2 Å². The predicted octanol–water partition coefficient (Wildman–Crippen LogP) is 0.981. The summed E-state index contributed by atoms with van der Waals surface area (Å²) in [4.78, 5) is 16.1. The van der Waals surface area contributed by atoms with Gasteiger partial charge in [-0.3, -0.25) is 4.79 Å². The van der Waals surface area contributed by atoms with E-state index in [0.29, 0.717) is 0 Å². The lowest BCUT2D eigenvalue weighted by molar-refractivity contribution is -0.932. The molecule has 1 aliphatic heterocycles. The molecule has 1 aromatic rings. The standard InChI is InChI=1S/C19H26N2O2/c22-19(14-23-17-4-2-1-3-5-17)21-10-8-20(9-11-21)18-13-15-6-7-16(18)12-15/h1-5,15-16,18H,6-14H2/p+1/t15-,16+,18-/m0/s1. The van der Waals surface area contributed by atoms with E-state index < -0.39 is 0 Å². The molecular weight excluding hydrogens is 288 g/mol. The molecule has 1 heterocycles. The summed E-state index contributed by atoms with van der Waals surface area (Å²) in [5, 5.41) is 0. The molecule has 124 valence electrons. The number of para-hydroxylation sites is 1. The number of hydrogen-bond donors (Lipinski definition) is 1. The second-order valence-corrected chi connectivity index (χ2v) is 7.42. The van der Waals surface area contributed by atoms with Crippen LogP contribution in [0.15, 0.2) is 30.3 Å². The van der Waals surface area contributed by atoms with Crippen molar-refractivity contribution in [3.8, 4) is 5.75 Å². The lowest BCUT2D eigenvalue weighted by Gasteiger charge is -2.38. The van der Waals surface area contributed by atoms with Gasteiger partial charge >= 0.3 is 0 Å². The van der Waals surface area contributed by atoms with Crippen molar-refractivity contribution in [1.29, 1.82) is 0 Å². The van der Waals surface area contributed by atoms with Gasteiger partial charge in [-0.15, -0.1) is 0 Å².